The minimum Gasteiger partial charge on any atom is -0.488 e. The topological polar surface area (TPSA) is 135 Å². The Morgan fingerprint density at radius 2 is 1.90 bits per heavy atom. The molecule has 0 fully saturated rings. The number of nitrogens with zero attached hydrogens (tertiary/aromatic N) is 3. The van der Waals surface area contributed by atoms with Crippen molar-refractivity contribution in [2.45, 2.75) is 4.90 Å². The zero-order valence-corrected chi connectivity index (χ0v) is 11.5. The van der Waals surface area contributed by atoms with Crippen molar-refractivity contribution in [3.8, 4) is 5.88 Å². The van der Waals surface area contributed by atoms with Gasteiger partial charge in [0, 0.05) is 11.9 Å². The van der Waals surface area contributed by atoms with E-state index >= 15 is 0 Å². The van der Waals surface area contributed by atoms with Crippen LogP contribution >= 0.6 is 0 Å². The van der Waals surface area contributed by atoms with Crippen LogP contribution in [0.2, 0.25) is 0 Å². The average Bonchev–Trinajstić information content (AvgIpc) is 2.38. The molecule has 0 bridgehead atoms. The first kappa shape index (κ1) is 14.7. The Morgan fingerprint density at radius 3 is 2.38 bits per heavy atom. The third kappa shape index (κ3) is 3.42. The molecule has 10 heteroatoms. The molecule has 0 spiro atoms. The number of hydrogen-bond donors (Lipinski definition) is 2. The van der Waals surface area contributed by atoms with Crippen molar-refractivity contribution in [1.82, 2.24) is 9.97 Å². The van der Waals surface area contributed by atoms with Crippen LogP contribution in [-0.4, -0.2) is 34.7 Å². The Labute approximate surface area is 119 Å². The zero-order chi connectivity index (χ0) is 15.6. The smallest absolute Gasteiger partial charge is 0.349 e. The quantitative estimate of drug-likeness (QED) is 0.636. The van der Waals surface area contributed by atoms with Crippen molar-refractivity contribution in [2.75, 3.05) is 11.6 Å². The Balaban J connectivity index is 2.23. The van der Waals surface area contributed by atoms with Crippen LogP contribution < -0.4 is 5.32 Å². The van der Waals surface area contributed by atoms with Gasteiger partial charge in [-0.15, -0.1) is 0 Å². The maximum Gasteiger partial charge on any atom is 0.349 e. The van der Waals surface area contributed by atoms with Gasteiger partial charge >= 0.3 is 5.69 Å². The van der Waals surface area contributed by atoms with Crippen LogP contribution in [0.25, 0.3) is 0 Å². The molecule has 1 aromatic heterocycles. The van der Waals surface area contributed by atoms with Gasteiger partial charge in [-0.1, -0.05) is 0 Å². The zero-order valence-electron chi connectivity index (χ0n) is 10.7. The van der Waals surface area contributed by atoms with E-state index < -0.39 is 26.3 Å². The maximum absolute atomic E-state index is 11.3. The fourth-order valence-electron chi connectivity index (χ4n) is 1.47. The Hall–Kier alpha value is -2.75. The minimum atomic E-state index is -3.29. The number of aromatic hydroxyl groups is 1. The van der Waals surface area contributed by atoms with Gasteiger partial charge in [-0.2, -0.15) is 4.98 Å². The second kappa shape index (κ2) is 5.32. The highest BCUT2D eigenvalue weighted by atomic mass is 32.2. The molecule has 1 aromatic carbocycles. The summed E-state index contributed by atoms with van der Waals surface area (Å²) in [6.07, 6.45) is 1.96. The first-order valence-electron chi connectivity index (χ1n) is 5.55. The summed E-state index contributed by atoms with van der Waals surface area (Å²) < 4.78 is 22.6. The molecular formula is C11H10N4O5S. The summed E-state index contributed by atoms with van der Waals surface area (Å²) in [5.41, 5.74) is -0.136. The van der Waals surface area contributed by atoms with E-state index in [1.807, 2.05) is 0 Å². The summed E-state index contributed by atoms with van der Waals surface area (Å²) in [6, 6.07) is 5.75. The molecule has 2 N–H and O–H groups in total. The third-order valence-corrected chi connectivity index (χ3v) is 3.61. The van der Waals surface area contributed by atoms with Gasteiger partial charge in [-0.25, -0.2) is 13.4 Å². The summed E-state index contributed by atoms with van der Waals surface area (Å²) in [7, 11) is -3.29. The largest absolute Gasteiger partial charge is 0.488 e. The molecule has 0 amide bonds. The van der Waals surface area contributed by atoms with Crippen LogP contribution in [0.5, 0.6) is 5.88 Å². The Bertz CT molecular complexity index is 789. The van der Waals surface area contributed by atoms with Gasteiger partial charge in [0.1, 0.15) is 6.20 Å². The van der Waals surface area contributed by atoms with Crippen molar-refractivity contribution in [3.63, 3.8) is 0 Å². The van der Waals surface area contributed by atoms with Gasteiger partial charge in [-0.05, 0) is 24.3 Å². The lowest BCUT2D eigenvalue weighted by atomic mass is 10.3. The molecule has 110 valence electrons. The van der Waals surface area contributed by atoms with E-state index in [0.29, 0.717) is 5.69 Å². The van der Waals surface area contributed by atoms with Crippen molar-refractivity contribution >= 4 is 27.2 Å². The fraction of sp³-hybridized carbons (Fsp3) is 0.0909. The number of nitrogens with one attached hydrogen (secondary N) is 1. The summed E-state index contributed by atoms with van der Waals surface area (Å²) >= 11 is 0. The number of benzene rings is 1. The summed E-state index contributed by atoms with van der Waals surface area (Å²) in [4.78, 5) is 17.1. The molecule has 0 atom stereocenters. The SMILES string of the molecule is CS(=O)(=O)c1ccc(Nc2ncc([N+](=O)[O-])c(O)n2)cc1. The van der Waals surface area contributed by atoms with Gasteiger partial charge in [0.15, 0.2) is 9.84 Å². The van der Waals surface area contributed by atoms with Crippen molar-refractivity contribution < 1.29 is 18.4 Å². The van der Waals surface area contributed by atoms with E-state index in [1.165, 1.54) is 24.3 Å². The van der Waals surface area contributed by atoms with Gasteiger partial charge in [-0.3, -0.25) is 10.1 Å². The number of sulfone groups is 1. The van der Waals surface area contributed by atoms with Gasteiger partial charge in [0.25, 0.3) is 5.88 Å². The van der Waals surface area contributed by atoms with E-state index in [1.54, 1.807) is 0 Å². The molecule has 1 heterocycles. The first-order valence-corrected chi connectivity index (χ1v) is 7.44. The van der Waals surface area contributed by atoms with Gasteiger partial charge < -0.3 is 10.4 Å². The lowest BCUT2D eigenvalue weighted by Crippen LogP contribution is -2.00. The van der Waals surface area contributed by atoms with E-state index in [-0.39, 0.29) is 10.8 Å². The predicted octanol–water partition coefficient (Wildman–Crippen LogP) is 1.24. The van der Waals surface area contributed by atoms with Crippen LogP contribution in [0.15, 0.2) is 35.4 Å². The highest BCUT2D eigenvalue weighted by Gasteiger charge is 2.16. The molecule has 2 aromatic rings. The molecule has 0 radical (unpaired) electrons. The molecule has 0 aliphatic rings. The standard InChI is InChI=1S/C11H10N4O5S/c1-21(19,20)8-4-2-7(3-5-8)13-11-12-6-9(15(17)18)10(16)14-11/h2-6H,1H3,(H2,12,13,14,16). The molecule has 0 unspecified atom stereocenters. The fourth-order valence-corrected chi connectivity index (χ4v) is 2.10. The second-order valence-corrected chi connectivity index (χ2v) is 6.10. The van der Waals surface area contributed by atoms with Crippen LogP contribution in [0.3, 0.4) is 0 Å². The van der Waals surface area contributed by atoms with E-state index in [0.717, 1.165) is 12.5 Å². The minimum absolute atomic E-state index is 0.0507. The second-order valence-electron chi connectivity index (χ2n) is 4.08. The van der Waals surface area contributed by atoms with E-state index in [2.05, 4.69) is 15.3 Å². The highest BCUT2D eigenvalue weighted by Crippen LogP contribution is 2.24. The van der Waals surface area contributed by atoms with Crippen LogP contribution in [0.1, 0.15) is 0 Å². The number of rotatable bonds is 4. The third-order valence-electron chi connectivity index (χ3n) is 2.49. The lowest BCUT2D eigenvalue weighted by Gasteiger charge is -2.05. The monoisotopic (exact) mass is 310 g/mol. The summed E-state index contributed by atoms with van der Waals surface area (Å²) in [5.74, 6) is -0.810. The molecule has 0 aliphatic carbocycles. The normalized spacial score (nSPS) is 11.1. The molecule has 2 rings (SSSR count). The lowest BCUT2D eigenvalue weighted by molar-refractivity contribution is -0.386. The van der Waals surface area contributed by atoms with E-state index in [4.69, 9.17) is 0 Å². The maximum atomic E-state index is 11.3. The van der Waals surface area contributed by atoms with Gasteiger partial charge in [0.05, 0.1) is 9.82 Å². The molecule has 0 saturated carbocycles. The predicted molar refractivity (Wildman–Crippen MR) is 73.2 cm³/mol. The van der Waals surface area contributed by atoms with E-state index in [9.17, 15) is 23.6 Å². The number of anilines is 2. The number of nitro groups is 1. The summed E-state index contributed by atoms with van der Waals surface area (Å²) in [6.45, 7) is 0. The highest BCUT2D eigenvalue weighted by molar-refractivity contribution is 7.90. The molecule has 0 saturated heterocycles. The molecule has 21 heavy (non-hydrogen) atoms. The summed E-state index contributed by atoms with van der Waals surface area (Å²) in [5, 5.41) is 22.6. The number of hydrogen-bond acceptors (Lipinski definition) is 8. The van der Waals surface area contributed by atoms with Crippen molar-refractivity contribution in [3.05, 3.63) is 40.6 Å². The van der Waals surface area contributed by atoms with Crippen molar-refractivity contribution in [1.29, 1.82) is 0 Å². The molecule has 0 aliphatic heterocycles. The van der Waals surface area contributed by atoms with Crippen LogP contribution in [0.4, 0.5) is 17.3 Å². The average molecular weight is 310 g/mol. The van der Waals surface area contributed by atoms with Crippen LogP contribution in [0, 0.1) is 10.1 Å². The number of aromatic nitrogens is 2. The van der Waals surface area contributed by atoms with Gasteiger partial charge in [0.2, 0.25) is 5.95 Å². The van der Waals surface area contributed by atoms with Crippen LogP contribution in [-0.2, 0) is 9.84 Å². The molecular weight excluding hydrogens is 300 g/mol. The Kier molecular flexibility index (Phi) is 3.72. The Morgan fingerprint density at radius 1 is 1.29 bits per heavy atom. The van der Waals surface area contributed by atoms with Crippen molar-refractivity contribution in [2.24, 2.45) is 0 Å². The molecule has 9 nitrogen and oxygen atoms in total. The first-order chi connectivity index (χ1) is 9.77.